The van der Waals surface area contributed by atoms with E-state index in [0.717, 1.165) is 51.2 Å². The van der Waals surface area contributed by atoms with Gasteiger partial charge in [-0.05, 0) is 132 Å². The maximum absolute atomic E-state index is 2.42. The maximum atomic E-state index is 2.42. The minimum absolute atomic E-state index is 1.05. The molecule has 12 rings (SSSR count). The van der Waals surface area contributed by atoms with Gasteiger partial charge in [-0.25, -0.2) is 0 Å². The lowest BCUT2D eigenvalue weighted by molar-refractivity contribution is 1.24. The highest BCUT2D eigenvalue weighted by Gasteiger charge is 2.21. The van der Waals surface area contributed by atoms with Crippen molar-refractivity contribution in [2.45, 2.75) is 0 Å². The van der Waals surface area contributed by atoms with Crippen LogP contribution in [-0.2, 0) is 0 Å². The number of fused-ring (bicyclic) bond motifs is 6. The molecule has 3 nitrogen and oxygen atoms in total. The lowest BCUT2D eigenvalue weighted by Gasteiger charge is -2.31. The van der Waals surface area contributed by atoms with E-state index in [-0.39, 0.29) is 0 Å². The van der Waals surface area contributed by atoms with E-state index in [1.54, 1.807) is 0 Å². The fraction of sp³-hybridized carbons (Fsp3) is 0. The Morgan fingerprint density at radius 2 is 0.508 bits per heavy atom. The number of anilines is 9. The third-order valence-electron chi connectivity index (χ3n) is 12.2. The summed E-state index contributed by atoms with van der Waals surface area (Å²) >= 11 is 3.70. The van der Waals surface area contributed by atoms with E-state index in [9.17, 15) is 0 Å². The molecule has 0 bridgehead atoms. The number of hydrogen-bond acceptors (Lipinski definition) is 5. The lowest BCUT2D eigenvalue weighted by atomic mass is 10.0. The second kappa shape index (κ2) is 16.6. The first-order chi connectivity index (χ1) is 32.2. The van der Waals surface area contributed by atoms with Gasteiger partial charge in [0.2, 0.25) is 0 Å². The third-order valence-corrected chi connectivity index (χ3v) is 14.5. The second-order valence-corrected chi connectivity index (χ2v) is 18.4. The first-order valence-electron chi connectivity index (χ1n) is 21.9. The van der Waals surface area contributed by atoms with Gasteiger partial charge in [-0.1, -0.05) is 127 Å². The van der Waals surface area contributed by atoms with Crippen molar-refractivity contribution in [3.63, 3.8) is 0 Å². The molecule has 65 heavy (non-hydrogen) atoms. The van der Waals surface area contributed by atoms with Gasteiger partial charge in [0.1, 0.15) is 0 Å². The van der Waals surface area contributed by atoms with Gasteiger partial charge in [0, 0.05) is 91.5 Å². The van der Waals surface area contributed by atoms with Gasteiger partial charge in [0.05, 0.1) is 0 Å². The molecule has 10 aromatic carbocycles. The summed E-state index contributed by atoms with van der Waals surface area (Å²) in [5.41, 5.74) is 12.1. The highest BCUT2D eigenvalue weighted by molar-refractivity contribution is 7.26. The summed E-state index contributed by atoms with van der Waals surface area (Å²) in [5, 5.41) is 5.09. The quantitative estimate of drug-likeness (QED) is 0.136. The number of rotatable bonds is 10. The van der Waals surface area contributed by atoms with Crippen molar-refractivity contribution in [1.29, 1.82) is 0 Å². The van der Waals surface area contributed by atoms with E-state index in [1.807, 2.05) is 22.7 Å². The molecule has 12 aromatic rings. The Morgan fingerprint density at radius 3 is 0.985 bits per heavy atom. The number of nitrogens with zero attached hydrogens (tertiary/aromatic N) is 3. The average molecular weight is 868 g/mol. The molecular formula is C60H41N3S2. The van der Waals surface area contributed by atoms with Crippen molar-refractivity contribution in [1.82, 2.24) is 0 Å². The van der Waals surface area contributed by atoms with E-state index in [1.165, 1.54) is 51.5 Å². The molecule has 0 spiro atoms. The standard InChI is InChI=1S/C60H41N3S2/c1-4-16-42(17-5-1)43-30-32-46(33-31-43)61(44-18-6-2-7-19-44)47-22-14-24-49(38-47)63(52-35-37-60-56(41-52)54-27-11-13-29-58(54)65-60)50-25-15-23-48(39-50)62(45-20-8-3-9-21-45)51-34-36-59-55(40-51)53-26-10-12-28-57(53)64-59/h1-41H. The molecule has 5 heteroatoms. The fourth-order valence-electron chi connectivity index (χ4n) is 9.18. The monoisotopic (exact) mass is 867 g/mol. The van der Waals surface area contributed by atoms with Crippen LogP contribution in [0.15, 0.2) is 249 Å². The normalized spacial score (nSPS) is 11.4. The van der Waals surface area contributed by atoms with E-state index in [0.29, 0.717) is 0 Å². The van der Waals surface area contributed by atoms with Crippen LogP contribution in [0.4, 0.5) is 51.2 Å². The summed E-state index contributed by atoms with van der Waals surface area (Å²) < 4.78 is 5.16. The van der Waals surface area contributed by atoms with Crippen LogP contribution in [0, 0.1) is 0 Å². The zero-order valence-electron chi connectivity index (χ0n) is 35.3. The molecule has 0 aliphatic carbocycles. The summed E-state index contributed by atoms with van der Waals surface area (Å²) in [6.07, 6.45) is 0. The molecule has 0 fully saturated rings. The minimum Gasteiger partial charge on any atom is -0.310 e. The van der Waals surface area contributed by atoms with Crippen LogP contribution in [0.3, 0.4) is 0 Å². The SMILES string of the molecule is c1ccc(-c2ccc(N(c3ccccc3)c3cccc(N(c4cccc(N(c5ccccc5)c5ccc6sc7ccccc7c6c5)c4)c4ccc5sc6ccccc6c5c4)c3)cc2)cc1. The third kappa shape index (κ3) is 7.27. The summed E-state index contributed by atoms with van der Waals surface area (Å²) in [6.45, 7) is 0. The first-order valence-corrected chi connectivity index (χ1v) is 23.5. The van der Waals surface area contributed by atoms with Gasteiger partial charge in [0.15, 0.2) is 0 Å². The summed E-state index contributed by atoms with van der Waals surface area (Å²) in [6, 6.07) is 90.1. The largest absolute Gasteiger partial charge is 0.310 e. The van der Waals surface area contributed by atoms with E-state index >= 15 is 0 Å². The van der Waals surface area contributed by atoms with E-state index in [4.69, 9.17) is 0 Å². The molecular weight excluding hydrogens is 827 g/mol. The van der Waals surface area contributed by atoms with Crippen LogP contribution >= 0.6 is 22.7 Å². The zero-order valence-corrected chi connectivity index (χ0v) is 37.0. The van der Waals surface area contributed by atoms with Crippen molar-refractivity contribution in [2.75, 3.05) is 14.7 Å². The highest BCUT2D eigenvalue weighted by atomic mass is 32.1. The number of thiophene rings is 2. The smallest absolute Gasteiger partial charge is 0.0482 e. The molecule has 0 unspecified atom stereocenters. The summed E-state index contributed by atoms with van der Waals surface area (Å²) in [5.74, 6) is 0. The van der Waals surface area contributed by atoms with Gasteiger partial charge in [-0.15, -0.1) is 22.7 Å². The molecule has 0 saturated carbocycles. The number of para-hydroxylation sites is 2. The first kappa shape index (κ1) is 38.7. The molecule has 2 heterocycles. The predicted octanol–water partition coefficient (Wildman–Crippen LogP) is 18.5. The van der Waals surface area contributed by atoms with Crippen molar-refractivity contribution in [3.8, 4) is 11.1 Å². The molecule has 0 amide bonds. The Bertz CT molecular complexity index is 3620. The van der Waals surface area contributed by atoms with Crippen LogP contribution in [0.5, 0.6) is 0 Å². The Balaban J connectivity index is 1.02. The van der Waals surface area contributed by atoms with Crippen LogP contribution < -0.4 is 14.7 Å². The highest BCUT2D eigenvalue weighted by Crippen LogP contribution is 2.46. The summed E-state index contributed by atoms with van der Waals surface area (Å²) in [7, 11) is 0. The van der Waals surface area contributed by atoms with Crippen molar-refractivity contribution < 1.29 is 0 Å². The van der Waals surface area contributed by atoms with Gasteiger partial charge in [-0.2, -0.15) is 0 Å². The van der Waals surface area contributed by atoms with Crippen LogP contribution in [0.2, 0.25) is 0 Å². The predicted molar refractivity (Wildman–Crippen MR) is 282 cm³/mol. The number of hydrogen-bond donors (Lipinski definition) is 0. The van der Waals surface area contributed by atoms with Crippen LogP contribution in [-0.4, -0.2) is 0 Å². The Morgan fingerprint density at radius 1 is 0.200 bits per heavy atom. The molecule has 0 radical (unpaired) electrons. The van der Waals surface area contributed by atoms with Crippen LogP contribution in [0.1, 0.15) is 0 Å². The average Bonchev–Trinajstić information content (AvgIpc) is 3.94. The van der Waals surface area contributed by atoms with Gasteiger partial charge >= 0.3 is 0 Å². The number of benzene rings is 10. The van der Waals surface area contributed by atoms with E-state index < -0.39 is 0 Å². The Kier molecular flexibility index (Phi) is 9.90. The summed E-state index contributed by atoms with van der Waals surface area (Å²) in [4.78, 5) is 7.15. The maximum Gasteiger partial charge on any atom is 0.0482 e. The molecule has 0 aliphatic rings. The molecule has 2 aromatic heterocycles. The minimum atomic E-state index is 1.05. The zero-order chi connectivity index (χ0) is 43.1. The molecule has 308 valence electrons. The van der Waals surface area contributed by atoms with Crippen molar-refractivity contribution >= 4 is 114 Å². The lowest BCUT2D eigenvalue weighted by Crippen LogP contribution is -2.14. The van der Waals surface area contributed by atoms with Gasteiger partial charge < -0.3 is 14.7 Å². The van der Waals surface area contributed by atoms with Crippen molar-refractivity contribution in [3.05, 3.63) is 249 Å². The van der Waals surface area contributed by atoms with E-state index in [2.05, 4.69) is 263 Å². The Hall–Kier alpha value is -7.96. The van der Waals surface area contributed by atoms with Crippen LogP contribution in [0.25, 0.3) is 51.5 Å². The molecule has 0 aliphatic heterocycles. The molecule has 0 atom stereocenters. The fourth-order valence-corrected chi connectivity index (χ4v) is 11.4. The van der Waals surface area contributed by atoms with Crippen molar-refractivity contribution in [2.24, 2.45) is 0 Å². The molecule has 0 N–H and O–H groups in total. The second-order valence-electron chi connectivity index (χ2n) is 16.2. The topological polar surface area (TPSA) is 9.72 Å². The van der Waals surface area contributed by atoms with Gasteiger partial charge in [-0.3, -0.25) is 0 Å². The van der Waals surface area contributed by atoms with Gasteiger partial charge in [0.25, 0.3) is 0 Å². The molecule has 0 saturated heterocycles. The Labute approximate surface area is 386 Å².